The van der Waals surface area contributed by atoms with Gasteiger partial charge in [0, 0.05) is 11.6 Å². The number of hydrogen-bond donors (Lipinski definition) is 0. The number of benzene rings is 2. The van der Waals surface area contributed by atoms with E-state index in [-0.39, 0.29) is 17.4 Å². The van der Waals surface area contributed by atoms with Crippen molar-refractivity contribution in [1.29, 1.82) is 0 Å². The van der Waals surface area contributed by atoms with Gasteiger partial charge in [0.05, 0.1) is 36.4 Å². The number of nitrogens with zero attached hydrogens (tertiary/aromatic N) is 3. The van der Waals surface area contributed by atoms with E-state index in [0.29, 0.717) is 17.2 Å². The molecule has 0 aliphatic rings. The molecule has 0 N–H and O–H groups in total. The molecule has 0 amide bonds. The van der Waals surface area contributed by atoms with Crippen LogP contribution in [-0.2, 0) is 12.7 Å². The summed E-state index contributed by atoms with van der Waals surface area (Å²) in [6.45, 7) is 0.0414. The summed E-state index contributed by atoms with van der Waals surface area (Å²) in [6.07, 6.45) is -3.31. The zero-order chi connectivity index (χ0) is 20.6. The lowest BCUT2D eigenvalue weighted by molar-refractivity contribution is -0.137. The van der Waals surface area contributed by atoms with Gasteiger partial charge < -0.3 is 9.26 Å². The fraction of sp³-hybridized carbons (Fsp3) is 0.150. The van der Waals surface area contributed by atoms with Crippen molar-refractivity contribution in [3.8, 4) is 17.0 Å². The van der Waals surface area contributed by atoms with Crippen molar-refractivity contribution in [1.82, 2.24) is 14.7 Å². The predicted molar refractivity (Wildman–Crippen MR) is 98.6 cm³/mol. The van der Waals surface area contributed by atoms with Crippen LogP contribution >= 0.6 is 0 Å². The van der Waals surface area contributed by atoms with Gasteiger partial charge in [-0.2, -0.15) is 13.2 Å². The molecule has 4 rings (SSSR count). The van der Waals surface area contributed by atoms with Crippen LogP contribution in [0.15, 0.2) is 64.2 Å². The Kier molecular flexibility index (Phi) is 4.57. The number of alkyl halides is 3. The molecule has 4 aromatic rings. The van der Waals surface area contributed by atoms with Crippen molar-refractivity contribution in [2.75, 3.05) is 7.11 Å². The van der Waals surface area contributed by atoms with Crippen molar-refractivity contribution in [3.05, 3.63) is 76.5 Å². The maximum atomic E-state index is 12.8. The molecule has 0 saturated heterocycles. The van der Waals surface area contributed by atoms with Crippen molar-refractivity contribution < 1.29 is 22.4 Å². The minimum absolute atomic E-state index is 0.0179. The lowest BCUT2D eigenvalue weighted by Gasteiger charge is -2.08. The van der Waals surface area contributed by atoms with Crippen LogP contribution in [-0.4, -0.2) is 21.8 Å². The molecule has 0 saturated carbocycles. The smallest absolute Gasteiger partial charge is 0.416 e. The maximum Gasteiger partial charge on any atom is 0.416 e. The van der Waals surface area contributed by atoms with Crippen molar-refractivity contribution in [2.24, 2.45) is 0 Å². The summed E-state index contributed by atoms with van der Waals surface area (Å²) in [5.74, 6) is 1.07. The molecular weight excluding hydrogens is 387 g/mol. The Morgan fingerprint density at radius 3 is 2.72 bits per heavy atom. The second-order valence-corrected chi connectivity index (χ2v) is 6.32. The van der Waals surface area contributed by atoms with Crippen LogP contribution in [0.2, 0.25) is 0 Å². The lowest BCUT2D eigenvalue weighted by Crippen LogP contribution is -2.21. The van der Waals surface area contributed by atoms with Crippen molar-refractivity contribution in [3.63, 3.8) is 0 Å². The summed E-state index contributed by atoms with van der Waals surface area (Å²) in [7, 11) is 1.56. The number of aromatic nitrogens is 3. The zero-order valence-corrected chi connectivity index (χ0v) is 15.1. The number of methoxy groups -OCH3 is 1. The number of rotatable bonds is 4. The normalized spacial score (nSPS) is 11.7. The standard InChI is InChI=1S/C20H14F3N3O3/c1-28-14-4-2-3-12(7-14)17-9-15(29-25-17)10-26-11-24-18-8-13(20(21,22)23)5-6-16(18)19(26)27/h2-9,11H,10H2,1H3. The molecule has 0 aliphatic carbocycles. The maximum absolute atomic E-state index is 12.8. The van der Waals surface area contributed by atoms with Crippen LogP contribution in [0.1, 0.15) is 11.3 Å². The molecule has 0 radical (unpaired) electrons. The van der Waals surface area contributed by atoms with Gasteiger partial charge in [-0.15, -0.1) is 0 Å². The van der Waals surface area contributed by atoms with E-state index in [4.69, 9.17) is 9.26 Å². The molecule has 0 spiro atoms. The molecule has 0 atom stereocenters. The lowest BCUT2D eigenvalue weighted by atomic mass is 10.1. The third kappa shape index (κ3) is 3.71. The molecule has 6 nitrogen and oxygen atoms in total. The van der Waals surface area contributed by atoms with Gasteiger partial charge >= 0.3 is 6.18 Å². The van der Waals surface area contributed by atoms with Crippen LogP contribution < -0.4 is 10.3 Å². The first-order chi connectivity index (χ1) is 13.8. The Balaban J connectivity index is 1.64. The quantitative estimate of drug-likeness (QED) is 0.514. The summed E-state index contributed by atoms with van der Waals surface area (Å²) in [5.41, 5.74) is 0.00474. The molecule has 0 unspecified atom stereocenters. The number of hydrogen-bond acceptors (Lipinski definition) is 5. The molecule has 0 aliphatic heterocycles. The van der Waals surface area contributed by atoms with Crippen LogP contribution in [0.3, 0.4) is 0 Å². The molecule has 29 heavy (non-hydrogen) atoms. The second-order valence-electron chi connectivity index (χ2n) is 6.32. The van der Waals surface area contributed by atoms with Gasteiger partial charge in [0.1, 0.15) is 11.4 Å². The van der Waals surface area contributed by atoms with Gasteiger partial charge in [0.25, 0.3) is 5.56 Å². The summed E-state index contributed by atoms with van der Waals surface area (Å²) in [6, 6.07) is 11.8. The molecule has 0 bridgehead atoms. The van der Waals surface area contributed by atoms with E-state index in [0.717, 1.165) is 23.8 Å². The van der Waals surface area contributed by atoms with E-state index >= 15 is 0 Å². The van der Waals surface area contributed by atoms with Crippen molar-refractivity contribution in [2.45, 2.75) is 12.7 Å². The highest BCUT2D eigenvalue weighted by Gasteiger charge is 2.30. The topological polar surface area (TPSA) is 70.2 Å². The van der Waals surface area contributed by atoms with Gasteiger partial charge in [-0.1, -0.05) is 17.3 Å². The van der Waals surface area contributed by atoms with Crippen LogP contribution in [0.4, 0.5) is 13.2 Å². The fourth-order valence-corrected chi connectivity index (χ4v) is 2.92. The number of halogens is 3. The van der Waals surface area contributed by atoms with E-state index in [2.05, 4.69) is 10.1 Å². The molecule has 148 valence electrons. The largest absolute Gasteiger partial charge is 0.497 e. The van der Waals surface area contributed by atoms with Crippen LogP contribution in [0.25, 0.3) is 22.2 Å². The van der Waals surface area contributed by atoms with E-state index in [1.54, 1.807) is 25.3 Å². The van der Waals surface area contributed by atoms with Gasteiger partial charge in [0.15, 0.2) is 5.76 Å². The summed E-state index contributed by atoms with van der Waals surface area (Å²) in [4.78, 5) is 16.6. The zero-order valence-electron chi connectivity index (χ0n) is 15.1. The SMILES string of the molecule is COc1cccc(-c2cc(Cn3cnc4cc(C(F)(F)F)ccc4c3=O)on2)c1. The fourth-order valence-electron chi connectivity index (χ4n) is 2.92. The Labute approximate surface area is 162 Å². The van der Waals surface area contributed by atoms with E-state index in [1.165, 1.54) is 10.9 Å². The highest BCUT2D eigenvalue weighted by molar-refractivity contribution is 5.78. The Morgan fingerprint density at radius 2 is 1.97 bits per heavy atom. The molecule has 9 heteroatoms. The molecule has 2 aromatic heterocycles. The Bertz CT molecular complexity index is 1240. The summed E-state index contributed by atoms with van der Waals surface area (Å²) in [5, 5.41) is 4.09. The van der Waals surface area contributed by atoms with Gasteiger partial charge in [-0.25, -0.2) is 4.98 Å². The first-order valence-electron chi connectivity index (χ1n) is 8.51. The molecule has 2 heterocycles. The number of fused-ring (bicyclic) bond motifs is 1. The van der Waals surface area contributed by atoms with Crippen LogP contribution in [0.5, 0.6) is 5.75 Å². The predicted octanol–water partition coefficient (Wildman–Crippen LogP) is 4.13. The highest BCUT2D eigenvalue weighted by atomic mass is 19.4. The van der Waals surface area contributed by atoms with E-state index < -0.39 is 17.3 Å². The second kappa shape index (κ2) is 7.08. The highest BCUT2D eigenvalue weighted by Crippen LogP contribution is 2.30. The molecule has 0 fully saturated rings. The molecule has 2 aromatic carbocycles. The summed E-state index contributed by atoms with van der Waals surface area (Å²) >= 11 is 0. The minimum Gasteiger partial charge on any atom is -0.497 e. The van der Waals surface area contributed by atoms with E-state index in [9.17, 15) is 18.0 Å². The number of ether oxygens (including phenoxy) is 1. The third-order valence-corrected chi connectivity index (χ3v) is 4.40. The Hall–Kier alpha value is -3.62. The average molecular weight is 401 g/mol. The van der Waals surface area contributed by atoms with E-state index in [1.807, 2.05) is 12.1 Å². The van der Waals surface area contributed by atoms with Gasteiger partial charge in [-0.3, -0.25) is 9.36 Å². The van der Waals surface area contributed by atoms with Gasteiger partial charge in [0.2, 0.25) is 0 Å². The van der Waals surface area contributed by atoms with Crippen LogP contribution in [0, 0.1) is 0 Å². The monoisotopic (exact) mass is 401 g/mol. The average Bonchev–Trinajstić information content (AvgIpc) is 3.18. The summed E-state index contributed by atoms with van der Waals surface area (Å²) < 4.78 is 50.2. The first-order valence-corrected chi connectivity index (χ1v) is 8.51. The third-order valence-electron chi connectivity index (χ3n) is 4.40. The van der Waals surface area contributed by atoms with Crippen molar-refractivity contribution >= 4 is 10.9 Å². The first kappa shape index (κ1) is 18.7. The van der Waals surface area contributed by atoms with Gasteiger partial charge in [-0.05, 0) is 30.3 Å². The molecular formula is C20H14F3N3O3. The Morgan fingerprint density at radius 1 is 1.14 bits per heavy atom. The minimum atomic E-state index is -4.50.